The summed E-state index contributed by atoms with van der Waals surface area (Å²) in [6.07, 6.45) is 3.83. The topological polar surface area (TPSA) is 23.6 Å². The minimum atomic E-state index is -0.342. The average Bonchev–Trinajstić information content (AvgIpc) is 2.64. The second-order valence-corrected chi connectivity index (χ2v) is 6.84. The summed E-state index contributed by atoms with van der Waals surface area (Å²) in [5, 5.41) is 0. The number of hydrogen-bond donors (Lipinski definition) is 0. The van der Waals surface area contributed by atoms with Crippen molar-refractivity contribution < 1.29 is 9.18 Å². The third-order valence-corrected chi connectivity index (χ3v) is 4.84. The lowest BCUT2D eigenvalue weighted by Gasteiger charge is -2.29. The summed E-state index contributed by atoms with van der Waals surface area (Å²) in [4.78, 5) is 16.5. The van der Waals surface area contributed by atoms with E-state index in [1.165, 1.54) is 31.0 Å². The number of halogens is 1. The number of carbonyl (C=O) groups is 1. The summed E-state index contributed by atoms with van der Waals surface area (Å²) in [5.74, 6) is -0.510. The normalized spacial score (nSPS) is 14.4. The molecular weight excluding hydrogens is 315 g/mol. The Labute approximate surface area is 149 Å². The number of carbonyl (C=O) groups excluding carboxylic acids is 1. The van der Waals surface area contributed by atoms with Crippen molar-refractivity contribution in [1.29, 1.82) is 0 Å². The Kier molecular flexibility index (Phi) is 5.37. The zero-order valence-electron chi connectivity index (χ0n) is 15.0. The Bertz CT molecular complexity index is 736. The van der Waals surface area contributed by atoms with Crippen LogP contribution in [0, 0.1) is 12.7 Å². The summed E-state index contributed by atoms with van der Waals surface area (Å²) >= 11 is 0. The summed E-state index contributed by atoms with van der Waals surface area (Å²) < 4.78 is 13.7. The molecule has 3 rings (SSSR count). The van der Waals surface area contributed by atoms with Gasteiger partial charge >= 0.3 is 0 Å². The Morgan fingerprint density at radius 2 is 1.76 bits per heavy atom. The summed E-state index contributed by atoms with van der Waals surface area (Å²) in [5.41, 5.74) is 3.25. The number of amides is 1. The van der Waals surface area contributed by atoms with Gasteiger partial charge in [0.1, 0.15) is 5.82 Å². The first kappa shape index (κ1) is 17.5. The van der Waals surface area contributed by atoms with Gasteiger partial charge < -0.3 is 9.80 Å². The predicted octanol–water partition coefficient (Wildman–Crippen LogP) is 4.40. The van der Waals surface area contributed by atoms with Gasteiger partial charge in [-0.25, -0.2) is 4.39 Å². The molecule has 25 heavy (non-hydrogen) atoms. The molecule has 2 aromatic carbocycles. The van der Waals surface area contributed by atoms with Gasteiger partial charge in [-0.1, -0.05) is 18.2 Å². The first-order valence-electron chi connectivity index (χ1n) is 8.90. The molecule has 1 fully saturated rings. The first-order valence-corrected chi connectivity index (χ1v) is 8.90. The molecule has 0 spiro atoms. The van der Waals surface area contributed by atoms with E-state index in [4.69, 9.17) is 0 Å². The van der Waals surface area contributed by atoms with E-state index in [0.29, 0.717) is 17.7 Å². The second-order valence-electron chi connectivity index (χ2n) is 6.84. The van der Waals surface area contributed by atoms with E-state index in [-0.39, 0.29) is 11.7 Å². The van der Waals surface area contributed by atoms with Crippen LogP contribution in [0.15, 0.2) is 42.5 Å². The Hall–Kier alpha value is -2.36. The van der Waals surface area contributed by atoms with Crippen molar-refractivity contribution in [3.05, 3.63) is 65.0 Å². The van der Waals surface area contributed by atoms with Crippen LogP contribution in [-0.4, -0.2) is 30.9 Å². The van der Waals surface area contributed by atoms with Gasteiger partial charge in [-0.3, -0.25) is 4.79 Å². The Balaban J connectivity index is 1.64. The number of rotatable bonds is 4. The Morgan fingerprint density at radius 1 is 1.08 bits per heavy atom. The maximum Gasteiger partial charge on any atom is 0.253 e. The van der Waals surface area contributed by atoms with Crippen molar-refractivity contribution in [3.8, 4) is 0 Å². The van der Waals surface area contributed by atoms with Gasteiger partial charge in [-0.2, -0.15) is 0 Å². The number of anilines is 1. The highest BCUT2D eigenvalue weighted by Gasteiger charge is 2.14. The van der Waals surface area contributed by atoms with Crippen molar-refractivity contribution in [3.63, 3.8) is 0 Å². The standard InChI is InChI=1S/C21H25FN2O/c1-16-6-9-18(14-20(16)22)21(25)23(2)15-17-7-10-19(11-8-17)24-12-4-3-5-13-24/h6-11,14H,3-5,12-13,15H2,1-2H3. The largest absolute Gasteiger partial charge is 0.372 e. The highest BCUT2D eigenvalue weighted by atomic mass is 19.1. The van der Waals surface area contributed by atoms with Crippen LogP contribution in [0.3, 0.4) is 0 Å². The van der Waals surface area contributed by atoms with Crippen LogP contribution in [-0.2, 0) is 6.54 Å². The van der Waals surface area contributed by atoms with E-state index in [1.807, 2.05) is 0 Å². The van der Waals surface area contributed by atoms with E-state index in [2.05, 4.69) is 29.2 Å². The van der Waals surface area contributed by atoms with Crippen LogP contribution in [0.1, 0.15) is 40.7 Å². The molecule has 0 bridgehead atoms. The fourth-order valence-electron chi connectivity index (χ4n) is 3.26. The molecule has 0 atom stereocenters. The number of aryl methyl sites for hydroxylation is 1. The highest BCUT2D eigenvalue weighted by molar-refractivity contribution is 5.94. The summed E-state index contributed by atoms with van der Waals surface area (Å²) in [7, 11) is 1.75. The van der Waals surface area contributed by atoms with Crippen LogP contribution in [0.4, 0.5) is 10.1 Å². The third-order valence-electron chi connectivity index (χ3n) is 4.84. The minimum absolute atomic E-state index is 0.168. The average molecular weight is 340 g/mol. The fourth-order valence-corrected chi connectivity index (χ4v) is 3.26. The van der Waals surface area contributed by atoms with Crippen LogP contribution in [0.2, 0.25) is 0 Å². The van der Waals surface area contributed by atoms with Gasteiger partial charge in [-0.15, -0.1) is 0 Å². The van der Waals surface area contributed by atoms with Crippen molar-refractivity contribution in [2.45, 2.75) is 32.7 Å². The molecule has 0 saturated carbocycles. The van der Waals surface area contributed by atoms with Crippen LogP contribution in [0.5, 0.6) is 0 Å². The minimum Gasteiger partial charge on any atom is -0.372 e. The zero-order chi connectivity index (χ0) is 17.8. The molecule has 0 radical (unpaired) electrons. The van der Waals surface area contributed by atoms with Gasteiger partial charge in [0.25, 0.3) is 5.91 Å². The third kappa shape index (κ3) is 4.19. The van der Waals surface area contributed by atoms with E-state index >= 15 is 0 Å². The maximum atomic E-state index is 13.7. The molecule has 1 saturated heterocycles. The van der Waals surface area contributed by atoms with Gasteiger partial charge in [0, 0.05) is 37.9 Å². The monoisotopic (exact) mass is 340 g/mol. The van der Waals surface area contributed by atoms with Gasteiger partial charge in [0.15, 0.2) is 0 Å². The lowest BCUT2D eigenvalue weighted by atomic mass is 10.1. The molecule has 1 aliphatic rings. The summed E-state index contributed by atoms with van der Waals surface area (Å²) in [6, 6.07) is 13.0. The van der Waals surface area contributed by atoms with Crippen LogP contribution >= 0.6 is 0 Å². The number of piperidine rings is 1. The smallest absolute Gasteiger partial charge is 0.253 e. The van der Waals surface area contributed by atoms with Crippen molar-refractivity contribution >= 4 is 11.6 Å². The van der Waals surface area contributed by atoms with Gasteiger partial charge in [0.2, 0.25) is 0 Å². The molecule has 2 aromatic rings. The van der Waals surface area contributed by atoms with E-state index in [9.17, 15) is 9.18 Å². The summed E-state index contributed by atoms with van der Waals surface area (Å²) in [6.45, 7) is 4.44. The van der Waals surface area contributed by atoms with E-state index < -0.39 is 0 Å². The van der Waals surface area contributed by atoms with Gasteiger partial charge in [0.05, 0.1) is 0 Å². The van der Waals surface area contributed by atoms with Crippen LogP contribution < -0.4 is 4.90 Å². The van der Waals surface area contributed by atoms with Crippen LogP contribution in [0.25, 0.3) is 0 Å². The molecule has 0 aromatic heterocycles. The van der Waals surface area contributed by atoms with Gasteiger partial charge in [-0.05, 0) is 61.6 Å². The fraction of sp³-hybridized carbons (Fsp3) is 0.381. The van der Waals surface area contributed by atoms with E-state index in [0.717, 1.165) is 18.7 Å². The molecule has 1 aliphatic heterocycles. The molecule has 3 nitrogen and oxygen atoms in total. The lowest BCUT2D eigenvalue weighted by Crippen LogP contribution is -2.29. The van der Waals surface area contributed by atoms with Crippen molar-refractivity contribution in [1.82, 2.24) is 4.90 Å². The highest BCUT2D eigenvalue weighted by Crippen LogP contribution is 2.21. The quantitative estimate of drug-likeness (QED) is 0.824. The van der Waals surface area contributed by atoms with E-state index in [1.54, 1.807) is 31.0 Å². The molecule has 1 heterocycles. The SMILES string of the molecule is Cc1ccc(C(=O)N(C)Cc2ccc(N3CCCCC3)cc2)cc1F. The molecule has 4 heteroatoms. The molecule has 132 valence electrons. The molecule has 0 N–H and O–H groups in total. The molecule has 1 amide bonds. The number of nitrogens with zero attached hydrogens (tertiary/aromatic N) is 2. The zero-order valence-corrected chi connectivity index (χ0v) is 15.0. The molecule has 0 unspecified atom stereocenters. The predicted molar refractivity (Wildman–Crippen MR) is 99.4 cm³/mol. The number of hydrogen-bond acceptors (Lipinski definition) is 2. The second kappa shape index (κ2) is 7.68. The lowest BCUT2D eigenvalue weighted by molar-refractivity contribution is 0.0784. The molecule has 0 aliphatic carbocycles. The Morgan fingerprint density at radius 3 is 2.40 bits per heavy atom. The number of benzene rings is 2. The maximum absolute atomic E-state index is 13.7. The molecular formula is C21H25FN2O. The first-order chi connectivity index (χ1) is 12.0. The van der Waals surface area contributed by atoms with Crippen molar-refractivity contribution in [2.75, 3.05) is 25.0 Å². The van der Waals surface area contributed by atoms with Crippen molar-refractivity contribution in [2.24, 2.45) is 0 Å².